The van der Waals surface area contributed by atoms with Gasteiger partial charge in [-0.3, -0.25) is 4.79 Å². The lowest BCUT2D eigenvalue weighted by atomic mass is 10.1. The van der Waals surface area contributed by atoms with Crippen LogP contribution in [0, 0.1) is 0 Å². The summed E-state index contributed by atoms with van der Waals surface area (Å²) in [7, 11) is 0. The van der Waals surface area contributed by atoms with Crippen LogP contribution in [0.3, 0.4) is 0 Å². The third kappa shape index (κ3) is 2.61. The molecule has 86 valence electrons. The number of benzene rings is 1. The fourth-order valence-electron chi connectivity index (χ4n) is 1.92. The summed E-state index contributed by atoms with van der Waals surface area (Å²) < 4.78 is 5.34. The van der Waals surface area contributed by atoms with E-state index in [1.54, 1.807) is 0 Å². The number of ether oxygens (including phenoxy) is 1. The molecule has 0 radical (unpaired) electrons. The molecule has 1 amide bonds. The van der Waals surface area contributed by atoms with Crippen molar-refractivity contribution < 1.29 is 9.53 Å². The molecule has 0 bridgehead atoms. The average Bonchev–Trinajstić information content (AvgIpc) is 2.83. The van der Waals surface area contributed by atoms with Gasteiger partial charge in [-0.05, 0) is 25.3 Å². The van der Waals surface area contributed by atoms with Crippen molar-refractivity contribution >= 4 is 5.91 Å². The van der Waals surface area contributed by atoms with Gasteiger partial charge in [0.1, 0.15) is 6.10 Å². The van der Waals surface area contributed by atoms with Gasteiger partial charge in [0.15, 0.2) is 0 Å². The van der Waals surface area contributed by atoms with E-state index < -0.39 is 0 Å². The Kier molecular flexibility index (Phi) is 3.57. The van der Waals surface area contributed by atoms with Gasteiger partial charge in [-0.2, -0.15) is 0 Å². The summed E-state index contributed by atoms with van der Waals surface area (Å²) >= 11 is 0. The van der Waals surface area contributed by atoms with E-state index in [1.807, 2.05) is 37.3 Å². The molecule has 0 saturated carbocycles. The Morgan fingerprint density at radius 2 is 2.19 bits per heavy atom. The maximum Gasteiger partial charge on any atom is 0.249 e. The fourth-order valence-corrected chi connectivity index (χ4v) is 1.92. The first-order valence-electron chi connectivity index (χ1n) is 5.74. The smallest absolute Gasteiger partial charge is 0.249 e. The molecule has 1 aromatic rings. The molecule has 1 fully saturated rings. The van der Waals surface area contributed by atoms with Crippen LogP contribution in [0.25, 0.3) is 0 Å². The summed E-state index contributed by atoms with van der Waals surface area (Å²) in [5.74, 6) is 0.00820. The molecule has 1 heterocycles. The Bertz CT molecular complexity index is 344. The van der Waals surface area contributed by atoms with Gasteiger partial charge in [0, 0.05) is 6.61 Å². The van der Waals surface area contributed by atoms with Crippen molar-refractivity contribution in [1.29, 1.82) is 0 Å². The molecule has 16 heavy (non-hydrogen) atoms. The lowest BCUT2D eigenvalue weighted by Gasteiger charge is -2.16. The van der Waals surface area contributed by atoms with Crippen LogP contribution < -0.4 is 5.32 Å². The van der Waals surface area contributed by atoms with Crippen molar-refractivity contribution in [2.75, 3.05) is 6.61 Å². The normalized spacial score (nSPS) is 21.7. The highest BCUT2D eigenvalue weighted by Crippen LogP contribution is 2.15. The molecule has 1 aliphatic rings. The minimum absolute atomic E-state index is 0.00820. The van der Waals surface area contributed by atoms with Crippen LogP contribution in [-0.4, -0.2) is 18.6 Å². The van der Waals surface area contributed by atoms with E-state index >= 15 is 0 Å². The Balaban J connectivity index is 1.92. The summed E-state index contributed by atoms with van der Waals surface area (Å²) in [6.07, 6.45) is 1.58. The minimum Gasteiger partial charge on any atom is -0.368 e. The minimum atomic E-state index is -0.244. The van der Waals surface area contributed by atoms with Crippen LogP contribution >= 0.6 is 0 Å². The maximum absolute atomic E-state index is 11.8. The summed E-state index contributed by atoms with van der Waals surface area (Å²) in [5, 5.41) is 2.97. The topological polar surface area (TPSA) is 38.3 Å². The van der Waals surface area contributed by atoms with E-state index in [0.717, 1.165) is 18.4 Å². The number of rotatable bonds is 3. The van der Waals surface area contributed by atoms with Gasteiger partial charge in [-0.25, -0.2) is 0 Å². The highest BCUT2D eigenvalue weighted by molar-refractivity contribution is 5.81. The number of hydrogen-bond acceptors (Lipinski definition) is 2. The summed E-state index contributed by atoms with van der Waals surface area (Å²) in [6, 6.07) is 9.99. The Morgan fingerprint density at radius 1 is 1.44 bits per heavy atom. The van der Waals surface area contributed by atoms with Gasteiger partial charge >= 0.3 is 0 Å². The van der Waals surface area contributed by atoms with Gasteiger partial charge in [0.05, 0.1) is 6.04 Å². The molecule has 2 rings (SSSR count). The first-order valence-corrected chi connectivity index (χ1v) is 5.74. The Labute approximate surface area is 95.8 Å². The van der Waals surface area contributed by atoms with Gasteiger partial charge in [-0.15, -0.1) is 0 Å². The molecule has 1 aliphatic heterocycles. The molecule has 1 N–H and O–H groups in total. The van der Waals surface area contributed by atoms with Crippen LogP contribution in [0.4, 0.5) is 0 Å². The van der Waals surface area contributed by atoms with Crippen molar-refractivity contribution in [3.8, 4) is 0 Å². The van der Waals surface area contributed by atoms with Gasteiger partial charge in [0.2, 0.25) is 5.91 Å². The molecule has 0 aliphatic carbocycles. The second kappa shape index (κ2) is 5.12. The predicted octanol–water partition coefficient (Wildman–Crippen LogP) is 2.04. The van der Waals surface area contributed by atoms with E-state index in [9.17, 15) is 4.79 Å². The number of nitrogens with one attached hydrogen (secondary N) is 1. The molecule has 0 aromatic heterocycles. The highest BCUT2D eigenvalue weighted by Gasteiger charge is 2.24. The number of hydrogen-bond donors (Lipinski definition) is 1. The van der Waals surface area contributed by atoms with Crippen LogP contribution in [0.15, 0.2) is 30.3 Å². The van der Waals surface area contributed by atoms with Gasteiger partial charge < -0.3 is 10.1 Å². The quantitative estimate of drug-likeness (QED) is 0.844. The molecular formula is C13H17NO2. The molecule has 1 saturated heterocycles. The first-order chi connectivity index (χ1) is 7.77. The lowest BCUT2D eigenvalue weighted by Crippen LogP contribution is -2.35. The Hall–Kier alpha value is -1.35. The SMILES string of the molecule is C[C@@H](NC(=O)[C@H]1CCCO1)c1ccccc1. The summed E-state index contributed by atoms with van der Waals surface area (Å²) in [4.78, 5) is 11.8. The zero-order valence-corrected chi connectivity index (χ0v) is 9.48. The standard InChI is InChI=1S/C13H17NO2/c1-10(11-6-3-2-4-7-11)14-13(15)12-8-5-9-16-12/h2-4,6-7,10,12H,5,8-9H2,1H3,(H,14,15)/t10-,12-/m1/s1. The molecule has 1 aromatic carbocycles. The van der Waals surface area contributed by atoms with Crippen LogP contribution in [-0.2, 0) is 9.53 Å². The summed E-state index contributed by atoms with van der Waals surface area (Å²) in [5.41, 5.74) is 1.12. The van der Waals surface area contributed by atoms with E-state index in [-0.39, 0.29) is 18.1 Å². The maximum atomic E-state index is 11.8. The fraction of sp³-hybridized carbons (Fsp3) is 0.462. The third-order valence-electron chi connectivity index (χ3n) is 2.88. The van der Waals surface area contributed by atoms with Gasteiger partial charge in [-0.1, -0.05) is 30.3 Å². The third-order valence-corrected chi connectivity index (χ3v) is 2.88. The molecule has 2 atom stereocenters. The number of carbonyl (C=O) groups is 1. The average molecular weight is 219 g/mol. The van der Waals surface area contributed by atoms with Crippen molar-refractivity contribution in [3.05, 3.63) is 35.9 Å². The molecule has 0 unspecified atom stereocenters. The van der Waals surface area contributed by atoms with Crippen LogP contribution in [0.1, 0.15) is 31.4 Å². The predicted molar refractivity (Wildman–Crippen MR) is 62.0 cm³/mol. The number of amides is 1. The zero-order chi connectivity index (χ0) is 11.4. The van der Waals surface area contributed by atoms with Crippen molar-refractivity contribution in [2.24, 2.45) is 0 Å². The molecular weight excluding hydrogens is 202 g/mol. The zero-order valence-electron chi connectivity index (χ0n) is 9.48. The second-order valence-corrected chi connectivity index (χ2v) is 4.14. The molecule has 3 nitrogen and oxygen atoms in total. The van der Waals surface area contributed by atoms with E-state index in [2.05, 4.69) is 5.32 Å². The lowest BCUT2D eigenvalue weighted by molar-refractivity contribution is -0.130. The van der Waals surface area contributed by atoms with Gasteiger partial charge in [0.25, 0.3) is 0 Å². The second-order valence-electron chi connectivity index (χ2n) is 4.14. The van der Waals surface area contributed by atoms with Crippen molar-refractivity contribution in [1.82, 2.24) is 5.32 Å². The largest absolute Gasteiger partial charge is 0.368 e. The van der Waals surface area contributed by atoms with E-state index in [4.69, 9.17) is 4.74 Å². The molecule has 0 spiro atoms. The van der Waals surface area contributed by atoms with Crippen LogP contribution in [0.5, 0.6) is 0 Å². The monoisotopic (exact) mass is 219 g/mol. The Morgan fingerprint density at radius 3 is 2.81 bits per heavy atom. The molecule has 3 heteroatoms. The number of carbonyl (C=O) groups excluding carboxylic acids is 1. The van der Waals surface area contributed by atoms with Crippen molar-refractivity contribution in [3.63, 3.8) is 0 Å². The van der Waals surface area contributed by atoms with E-state index in [0.29, 0.717) is 6.61 Å². The highest BCUT2D eigenvalue weighted by atomic mass is 16.5. The first kappa shape index (κ1) is 11.1. The summed E-state index contributed by atoms with van der Waals surface area (Å²) in [6.45, 7) is 2.69. The van der Waals surface area contributed by atoms with Crippen LogP contribution in [0.2, 0.25) is 0 Å². The van der Waals surface area contributed by atoms with E-state index in [1.165, 1.54) is 0 Å². The van der Waals surface area contributed by atoms with Crippen molar-refractivity contribution in [2.45, 2.75) is 31.9 Å².